The van der Waals surface area contributed by atoms with Gasteiger partial charge in [0.05, 0.1) is 12.8 Å². The molecule has 2 fully saturated rings. The lowest BCUT2D eigenvalue weighted by Gasteiger charge is -2.55. The Hall–Kier alpha value is -5.80. The Morgan fingerprint density at radius 2 is 1.75 bits per heavy atom. The lowest BCUT2D eigenvalue weighted by molar-refractivity contribution is -0.175. The molecule has 0 aromatic heterocycles. The fourth-order valence-corrected chi connectivity index (χ4v) is 7.27. The van der Waals surface area contributed by atoms with E-state index in [4.69, 9.17) is 14.2 Å². The number of piperazine rings is 1. The minimum Gasteiger partial charge on any atom is -0.477 e. The second kappa shape index (κ2) is 15.2. The molecule has 4 aliphatic rings. The Labute approximate surface area is 297 Å². The van der Waals surface area contributed by atoms with E-state index < -0.39 is 106 Å². The topological polar surface area (TPSA) is 264 Å². The van der Waals surface area contributed by atoms with E-state index in [9.17, 15) is 53.1 Å². The van der Waals surface area contributed by atoms with Crippen LogP contribution in [-0.4, -0.2) is 128 Å². The fourth-order valence-electron chi connectivity index (χ4n) is 5.75. The first-order chi connectivity index (χ1) is 24.4. The van der Waals surface area contributed by atoms with Gasteiger partial charge in [-0.1, -0.05) is 11.8 Å². The number of esters is 3. The molecular formula is C30H33FN6O14S. The number of β-lactam (4-membered cyclic amide) rings is 1. The van der Waals surface area contributed by atoms with Gasteiger partial charge in [-0.15, -0.1) is 0 Å². The Morgan fingerprint density at radius 3 is 2.31 bits per heavy atom. The third-order valence-corrected chi connectivity index (χ3v) is 9.46. The maximum absolute atomic E-state index is 15.9. The minimum absolute atomic E-state index is 0.0303. The second-order valence-electron chi connectivity index (χ2n) is 11.5. The summed E-state index contributed by atoms with van der Waals surface area (Å²) in [5, 5.41) is 15.6. The molecule has 4 N–H and O–H groups in total. The smallest absolute Gasteiger partial charge is 0.352 e. The van der Waals surface area contributed by atoms with Crippen molar-refractivity contribution < 1.29 is 71.7 Å². The summed E-state index contributed by atoms with van der Waals surface area (Å²) in [4.78, 5) is 125. The molecule has 0 saturated carbocycles. The van der Waals surface area contributed by atoms with Crippen molar-refractivity contribution in [1.82, 2.24) is 30.7 Å². The number of allylic oxidation sites excluding steroid dienone is 1. The van der Waals surface area contributed by atoms with Crippen LogP contribution < -0.4 is 16.0 Å². The molecule has 4 rings (SSSR count). The van der Waals surface area contributed by atoms with E-state index in [1.165, 1.54) is 4.90 Å². The predicted octanol–water partition coefficient (Wildman–Crippen LogP) is -1.52. The van der Waals surface area contributed by atoms with Crippen LogP contribution in [0, 0.1) is 0 Å². The summed E-state index contributed by atoms with van der Waals surface area (Å²) in [6, 6.07) is -1.30. The molecule has 280 valence electrons. The Balaban J connectivity index is 1.65. The zero-order chi connectivity index (χ0) is 38.7. The molecule has 0 aromatic rings. The molecular weight excluding hydrogens is 719 g/mol. The highest BCUT2D eigenvalue weighted by Crippen LogP contribution is 2.50. The number of imide groups is 1. The molecule has 52 heavy (non-hydrogen) atoms. The van der Waals surface area contributed by atoms with Gasteiger partial charge in [0.15, 0.2) is 11.1 Å². The number of rotatable bonds is 12. The van der Waals surface area contributed by atoms with E-state index in [2.05, 4.69) is 16.0 Å². The number of hydrogen-bond donors (Lipinski definition) is 4. The number of carboxylic acid groups (broad SMARTS) is 1. The van der Waals surface area contributed by atoms with Crippen molar-refractivity contribution in [2.75, 3.05) is 26.2 Å². The lowest BCUT2D eigenvalue weighted by atomic mass is 9.93. The third kappa shape index (κ3) is 7.75. The van der Waals surface area contributed by atoms with Crippen LogP contribution in [0.3, 0.4) is 0 Å². The molecule has 0 bridgehead atoms. The second-order valence-corrected chi connectivity index (χ2v) is 12.9. The van der Waals surface area contributed by atoms with E-state index in [0.29, 0.717) is 11.0 Å². The van der Waals surface area contributed by atoms with Gasteiger partial charge in [0.2, 0.25) is 18.2 Å². The first-order valence-corrected chi connectivity index (χ1v) is 16.3. The van der Waals surface area contributed by atoms with Crippen LogP contribution in [0.15, 0.2) is 34.8 Å². The zero-order valence-corrected chi connectivity index (χ0v) is 28.8. The lowest BCUT2D eigenvalue weighted by Crippen LogP contribution is -2.72. The van der Waals surface area contributed by atoms with Gasteiger partial charge in [0.1, 0.15) is 23.5 Å². The number of urea groups is 1. The van der Waals surface area contributed by atoms with Crippen LogP contribution in [-0.2, 0) is 57.4 Å². The number of carbonyl (C=O) groups is 10. The SMILES string of the molecule is CCN1CCN(C(=O)NC2(OC(C)=O)C=C(F)C(CC(=O)NC3SC4(NC=O)CC(=O)N4C(C(=O)O)=C3COC(C)=O)=CC2OC(C)=O)C(=O)C1=O. The molecule has 0 radical (unpaired) electrons. The van der Waals surface area contributed by atoms with Crippen molar-refractivity contribution in [3.63, 3.8) is 0 Å². The molecule has 22 heteroatoms. The summed E-state index contributed by atoms with van der Waals surface area (Å²) in [5.74, 6) is -9.79. The van der Waals surface area contributed by atoms with Gasteiger partial charge in [-0.3, -0.25) is 53.5 Å². The Kier molecular flexibility index (Phi) is 11.4. The minimum atomic E-state index is -2.62. The van der Waals surface area contributed by atoms with Gasteiger partial charge in [-0.05, 0) is 18.6 Å². The largest absolute Gasteiger partial charge is 0.477 e. The summed E-state index contributed by atoms with van der Waals surface area (Å²) in [5.41, 5.74) is -4.03. The molecule has 1 aliphatic carbocycles. The highest BCUT2D eigenvalue weighted by Gasteiger charge is 2.60. The Bertz CT molecular complexity index is 1740. The van der Waals surface area contributed by atoms with Gasteiger partial charge in [0, 0.05) is 52.1 Å². The van der Waals surface area contributed by atoms with Gasteiger partial charge < -0.3 is 34.9 Å². The molecule has 0 aromatic carbocycles. The number of fused-ring (bicyclic) bond motifs is 1. The van der Waals surface area contributed by atoms with Gasteiger partial charge in [-0.2, -0.15) is 0 Å². The number of likely N-dealkylation sites (N-methyl/N-ethyl adjacent to an activating group) is 1. The average Bonchev–Trinajstić information content (AvgIpc) is 3.02. The first kappa shape index (κ1) is 39.0. The summed E-state index contributed by atoms with van der Waals surface area (Å²) in [6.45, 7) is 3.65. The number of hydrogen-bond acceptors (Lipinski definition) is 14. The van der Waals surface area contributed by atoms with Gasteiger partial charge in [0.25, 0.3) is 5.72 Å². The fraction of sp³-hybridized carbons (Fsp3) is 0.467. The molecule has 7 amide bonds. The number of nitrogens with zero attached hydrogens (tertiary/aromatic N) is 3. The molecule has 4 unspecified atom stereocenters. The summed E-state index contributed by atoms with van der Waals surface area (Å²) in [6.07, 6.45) is -1.47. The van der Waals surface area contributed by atoms with Crippen LogP contribution in [0.5, 0.6) is 0 Å². The predicted molar refractivity (Wildman–Crippen MR) is 169 cm³/mol. The van der Waals surface area contributed by atoms with E-state index in [-0.39, 0.29) is 38.0 Å². The van der Waals surface area contributed by atoms with Crippen molar-refractivity contribution in [1.29, 1.82) is 0 Å². The van der Waals surface area contributed by atoms with E-state index in [0.717, 1.165) is 43.5 Å². The number of carboxylic acids is 1. The monoisotopic (exact) mass is 752 g/mol. The number of carbonyl (C=O) groups excluding carboxylic acids is 9. The van der Waals surface area contributed by atoms with Crippen LogP contribution in [0.4, 0.5) is 9.18 Å². The number of ether oxygens (including phenoxy) is 3. The molecule has 20 nitrogen and oxygen atoms in total. The first-order valence-electron chi connectivity index (χ1n) is 15.4. The maximum atomic E-state index is 15.9. The highest BCUT2D eigenvalue weighted by molar-refractivity contribution is 8.01. The van der Waals surface area contributed by atoms with Crippen LogP contribution >= 0.6 is 11.8 Å². The molecule has 0 spiro atoms. The molecule has 3 heterocycles. The normalized spacial score (nSPS) is 25.5. The van der Waals surface area contributed by atoms with E-state index in [1.807, 2.05) is 0 Å². The quantitative estimate of drug-likeness (QED) is 0.0441. The van der Waals surface area contributed by atoms with Gasteiger partial charge in [-0.25, -0.2) is 14.0 Å². The molecule has 3 aliphatic heterocycles. The van der Waals surface area contributed by atoms with Gasteiger partial charge >= 0.3 is 41.7 Å². The number of thioether (sulfide) groups is 1. The van der Waals surface area contributed by atoms with Crippen molar-refractivity contribution in [3.8, 4) is 0 Å². The number of nitrogens with one attached hydrogen (secondary N) is 3. The van der Waals surface area contributed by atoms with Crippen molar-refractivity contribution in [2.45, 2.75) is 62.7 Å². The van der Waals surface area contributed by atoms with Crippen molar-refractivity contribution in [2.24, 2.45) is 0 Å². The average molecular weight is 753 g/mol. The standard InChI is InChI=1S/C30H33FN6O14S/c1-5-35-6-7-36(26(45)25(35)44)28(48)34-29(51-16(4)41)10-19(31)17(8-20(29)50-15(3)40)9-21(42)33-24-18(12-49-14(2)39)23(27(46)47)37-22(43)11-30(37,52-24)32-13-38/h8,10,13,20,24H,5-7,9,11-12H2,1-4H3,(H,32,38)(H,33,42)(H,34,48)(H,46,47). The van der Waals surface area contributed by atoms with Crippen molar-refractivity contribution in [3.05, 3.63) is 34.8 Å². The number of aliphatic carboxylic acids is 1. The third-order valence-electron chi connectivity index (χ3n) is 7.99. The van der Waals surface area contributed by atoms with Crippen molar-refractivity contribution >= 4 is 71.7 Å². The Morgan fingerprint density at radius 1 is 1.06 bits per heavy atom. The zero-order valence-electron chi connectivity index (χ0n) is 28.0. The molecule has 2 saturated heterocycles. The summed E-state index contributed by atoms with van der Waals surface area (Å²) >= 11 is 0.724. The highest BCUT2D eigenvalue weighted by atomic mass is 32.2. The summed E-state index contributed by atoms with van der Waals surface area (Å²) in [7, 11) is 0. The summed E-state index contributed by atoms with van der Waals surface area (Å²) < 4.78 is 31.4. The van der Waals surface area contributed by atoms with Crippen LogP contribution in [0.2, 0.25) is 0 Å². The maximum Gasteiger partial charge on any atom is 0.352 e. The van der Waals surface area contributed by atoms with E-state index in [1.54, 1.807) is 6.92 Å². The number of amides is 7. The molecule has 4 atom stereocenters. The van der Waals surface area contributed by atoms with Crippen LogP contribution in [0.25, 0.3) is 0 Å². The number of halogens is 1. The van der Waals surface area contributed by atoms with Crippen LogP contribution in [0.1, 0.15) is 40.5 Å². The van der Waals surface area contributed by atoms with E-state index >= 15 is 4.39 Å².